The molecular formula is C26H25N5O4S. The molecule has 2 heterocycles. The van der Waals surface area contributed by atoms with Crippen molar-refractivity contribution in [3.63, 3.8) is 0 Å². The van der Waals surface area contributed by atoms with Gasteiger partial charge < -0.3 is 10.1 Å². The van der Waals surface area contributed by atoms with Crippen LogP contribution in [-0.4, -0.2) is 61.3 Å². The molecular weight excluding hydrogens is 478 g/mol. The highest BCUT2D eigenvalue weighted by atomic mass is 32.2. The standard InChI is InChI=1S/C26H25N5O4S/c1-2-11-28-26(32)21(18-27)16-22-19-31(23-8-4-3-5-9-23)29-25(22)20-7-6-10-24(17-20)36(33,34)30-12-14-35-15-13-30/h2-10,16-17,19H,1,11-15H2,(H,28,32)/b21-16-. The summed E-state index contributed by atoms with van der Waals surface area (Å²) in [7, 11) is -3.72. The van der Waals surface area contributed by atoms with Crippen molar-refractivity contribution in [2.45, 2.75) is 4.90 Å². The number of hydrogen-bond acceptors (Lipinski definition) is 6. The van der Waals surface area contributed by atoms with E-state index in [1.54, 1.807) is 35.1 Å². The number of morpholine rings is 1. The number of hydrogen-bond donors (Lipinski definition) is 1. The smallest absolute Gasteiger partial charge is 0.262 e. The molecule has 10 heteroatoms. The van der Waals surface area contributed by atoms with E-state index in [4.69, 9.17) is 4.74 Å². The van der Waals surface area contributed by atoms with Crippen molar-refractivity contribution in [2.24, 2.45) is 0 Å². The van der Waals surface area contributed by atoms with E-state index in [9.17, 15) is 18.5 Å². The molecule has 1 amide bonds. The molecule has 0 aliphatic carbocycles. The second kappa shape index (κ2) is 11.1. The van der Waals surface area contributed by atoms with E-state index >= 15 is 0 Å². The predicted molar refractivity (Wildman–Crippen MR) is 135 cm³/mol. The molecule has 4 rings (SSSR count). The van der Waals surface area contributed by atoms with Gasteiger partial charge in [-0.15, -0.1) is 6.58 Å². The molecule has 0 spiro atoms. The fourth-order valence-corrected chi connectivity index (χ4v) is 5.19. The zero-order chi connectivity index (χ0) is 25.5. The topological polar surface area (TPSA) is 117 Å². The number of carbonyl (C=O) groups is 1. The van der Waals surface area contributed by atoms with Crippen molar-refractivity contribution in [3.05, 3.63) is 84.6 Å². The van der Waals surface area contributed by atoms with Gasteiger partial charge in [0.25, 0.3) is 5.91 Å². The maximum absolute atomic E-state index is 13.2. The summed E-state index contributed by atoms with van der Waals surface area (Å²) in [5, 5.41) is 16.9. The Bertz CT molecular complexity index is 1430. The minimum atomic E-state index is -3.72. The molecule has 1 N–H and O–H groups in total. The number of nitrogens with one attached hydrogen (secondary N) is 1. The molecule has 1 fully saturated rings. The zero-order valence-electron chi connectivity index (χ0n) is 19.5. The fourth-order valence-electron chi connectivity index (χ4n) is 3.73. The summed E-state index contributed by atoms with van der Waals surface area (Å²) in [6.45, 7) is 5.05. The molecule has 9 nitrogen and oxygen atoms in total. The van der Waals surface area contributed by atoms with Crippen molar-refractivity contribution >= 4 is 22.0 Å². The van der Waals surface area contributed by atoms with Gasteiger partial charge in [-0.3, -0.25) is 4.79 Å². The summed E-state index contributed by atoms with van der Waals surface area (Å²) in [5.74, 6) is -0.542. The van der Waals surface area contributed by atoms with Crippen LogP contribution in [0, 0.1) is 11.3 Å². The number of aromatic nitrogens is 2. The third kappa shape index (κ3) is 5.44. The fraction of sp³-hybridized carbons (Fsp3) is 0.192. The van der Waals surface area contributed by atoms with Gasteiger partial charge in [0.05, 0.1) is 23.8 Å². The minimum Gasteiger partial charge on any atom is -0.379 e. The van der Waals surface area contributed by atoms with Gasteiger partial charge in [0.15, 0.2) is 0 Å². The summed E-state index contributed by atoms with van der Waals surface area (Å²) < 4.78 is 34.8. The molecule has 0 radical (unpaired) electrons. The van der Waals surface area contributed by atoms with Crippen molar-refractivity contribution < 1.29 is 17.9 Å². The quantitative estimate of drug-likeness (QED) is 0.287. The van der Waals surface area contributed by atoms with Crippen molar-refractivity contribution in [3.8, 4) is 23.0 Å². The van der Waals surface area contributed by atoms with Crippen molar-refractivity contribution in [1.82, 2.24) is 19.4 Å². The lowest BCUT2D eigenvalue weighted by atomic mass is 10.1. The minimum absolute atomic E-state index is 0.109. The Morgan fingerprint density at radius 1 is 1.17 bits per heavy atom. The zero-order valence-corrected chi connectivity index (χ0v) is 20.3. The second-order valence-corrected chi connectivity index (χ2v) is 9.86. The Morgan fingerprint density at radius 2 is 1.92 bits per heavy atom. The van der Waals surface area contributed by atoms with E-state index in [1.165, 1.54) is 16.5 Å². The van der Waals surface area contributed by atoms with Crippen LogP contribution in [0.4, 0.5) is 0 Å². The Morgan fingerprint density at radius 3 is 2.61 bits per heavy atom. The molecule has 0 bridgehead atoms. The van der Waals surface area contributed by atoms with E-state index in [2.05, 4.69) is 17.0 Å². The third-order valence-corrected chi connectivity index (χ3v) is 7.45. The number of carbonyl (C=O) groups excluding carboxylic acids is 1. The van der Waals surface area contributed by atoms with Crippen LogP contribution < -0.4 is 5.32 Å². The highest BCUT2D eigenvalue weighted by Crippen LogP contribution is 2.29. The largest absolute Gasteiger partial charge is 0.379 e. The van der Waals surface area contributed by atoms with Crippen LogP contribution in [0.1, 0.15) is 5.56 Å². The van der Waals surface area contributed by atoms with Gasteiger partial charge in [0.1, 0.15) is 17.3 Å². The predicted octanol–water partition coefficient (Wildman–Crippen LogP) is 2.77. The Balaban J connectivity index is 1.80. The van der Waals surface area contributed by atoms with Gasteiger partial charge >= 0.3 is 0 Å². The molecule has 1 aromatic heterocycles. The molecule has 1 aliphatic rings. The van der Waals surface area contributed by atoms with Crippen molar-refractivity contribution in [2.75, 3.05) is 32.8 Å². The molecule has 36 heavy (non-hydrogen) atoms. The molecule has 1 aliphatic heterocycles. The maximum atomic E-state index is 13.2. The first-order chi connectivity index (χ1) is 17.4. The van der Waals surface area contributed by atoms with E-state index in [0.717, 1.165) is 5.69 Å². The molecule has 0 unspecified atom stereocenters. The highest BCUT2D eigenvalue weighted by Gasteiger charge is 2.27. The van der Waals surface area contributed by atoms with Gasteiger partial charge in [0.2, 0.25) is 10.0 Å². The number of rotatable bonds is 8. The van der Waals surface area contributed by atoms with Gasteiger partial charge in [-0.1, -0.05) is 36.4 Å². The van der Waals surface area contributed by atoms with Crippen molar-refractivity contribution in [1.29, 1.82) is 5.26 Å². The molecule has 0 saturated carbocycles. The van der Waals surface area contributed by atoms with E-state index < -0.39 is 15.9 Å². The molecule has 184 valence electrons. The van der Waals surface area contributed by atoms with E-state index in [0.29, 0.717) is 30.0 Å². The van der Waals surface area contributed by atoms with E-state index in [1.807, 2.05) is 36.4 Å². The monoisotopic (exact) mass is 503 g/mol. The van der Waals surface area contributed by atoms with Crippen LogP contribution in [-0.2, 0) is 19.6 Å². The number of nitrogens with zero attached hydrogens (tertiary/aromatic N) is 4. The summed E-state index contributed by atoms with van der Waals surface area (Å²) >= 11 is 0. The summed E-state index contributed by atoms with van der Waals surface area (Å²) in [6, 6.07) is 17.8. The summed E-state index contributed by atoms with van der Waals surface area (Å²) in [5.41, 5.74) is 2.12. The number of nitriles is 1. The lowest BCUT2D eigenvalue weighted by Gasteiger charge is -2.26. The first-order valence-corrected chi connectivity index (χ1v) is 12.7. The molecule has 3 aromatic rings. The molecule has 0 atom stereocenters. The van der Waals surface area contributed by atoms with Crippen LogP contribution in [0.25, 0.3) is 23.0 Å². The average molecular weight is 504 g/mol. The average Bonchev–Trinajstić information content (AvgIpc) is 3.35. The van der Waals surface area contributed by atoms with Gasteiger partial charge in [0, 0.05) is 37.0 Å². The number of ether oxygens (including phenoxy) is 1. The first-order valence-electron chi connectivity index (χ1n) is 11.3. The van der Waals surface area contributed by atoms with Gasteiger partial charge in [-0.25, -0.2) is 13.1 Å². The highest BCUT2D eigenvalue weighted by molar-refractivity contribution is 7.89. The van der Waals surface area contributed by atoms with Gasteiger partial charge in [-0.2, -0.15) is 14.7 Å². The number of amides is 1. The lowest BCUT2D eigenvalue weighted by Crippen LogP contribution is -2.40. The Hall–Kier alpha value is -4.04. The second-order valence-electron chi connectivity index (χ2n) is 7.93. The lowest BCUT2D eigenvalue weighted by molar-refractivity contribution is -0.116. The summed E-state index contributed by atoms with van der Waals surface area (Å²) in [6.07, 6.45) is 4.67. The summed E-state index contributed by atoms with van der Waals surface area (Å²) in [4.78, 5) is 12.6. The Kier molecular flexibility index (Phi) is 7.75. The van der Waals surface area contributed by atoms with Crippen LogP contribution >= 0.6 is 0 Å². The Labute approximate surface area is 210 Å². The number of sulfonamides is 1. The van der Waals surface area contributed by atoms with E-state index in [-0.39, 0.29) is 30.1 Å². The third-order valence-electron chi connectivity index (χ3n) is 5.55. The first kappa shape index (κ1) is 25.1. The van der Waals surface area contributed by atoms with Crippen LogP contribution in [0.3, 0.4) is 0 Å². The van der Waals surface area contributed by atoms with Crippen LogP contribution in [0.5, 0.6) is 0 Å². The number of benzene rings is 2. The normalized spacial score (nSPS) is 14.7. The van der Waals surface area contributed by atoms with Gasteiger partial charge in [-0.05, 0) is 30.3 Å². The molecule has 2 aromatic carbocycles. The SMILES string of the molecule is C=CCNC(=O)/C(C#N)=C\c1cn(-c2ccccc2)nc1-c1cccc(S(=O)(=O)N2CCOCC2)c1. The molecule has 1 saturated heterocycles. The van der Waals surface area contributed by atoms with Crippen LogP contribution in [0.15, 0.2) is 83.9 Å². The van der Waals surface area contributed by atoms with Crippen LogP contribution in [0.2, 0.25) is 0 Å². The number of para-hydroxylation sites is 1. The maximum Gasteiger partial charge on any atom is 0.262 e.